The number of hydrogen-bond donors (Lipinski definition) is 3. The highest BCUT2D eigenvalue weighted by Crippen LogP contribution is 2.62. The zero-order chi connectivity index (χ0) is 94.2. The lowest BCUT2D eigenvalue weighted by Gasteiger charge is -2.69. The van der Waals surface area contributed by atoms with Crippen LogP contribution in [0.2, 0.25) is 0 Å². The van der Waals surface area contributed by atoms with Gasteiger partial charge in [0.05, 0.1) is 105 Å². The van der Waals surface area contributed by atoms with Crippen LogP contribution < -0.4 is 0 Å². The summed E-state index contributed by atoms with van der Waals surface area (Å²) in [7, 11) is 2.18. The molecule has 3 unspecified atom stereocenters. The molecule has 770 valence electrons. The van der Waals surface area contributed by atoms with Crippen molar-refractivity contribution in [2.75, 3.05) is 86.3 Å². The second kappa shape index (κ2) is 89.0. The van der Waals surface area contributed by atoms with Crippen LogP contribution in [0.15, 0.2) is 0 Å². The van der Waals surface area contributed by atoms with Gasteiger partial charge in [-0.3, -0.25) is 28.4 Å². The van der Waals surface area contributed by atoms with Crippen LogP contribution in [0.4, 0.5) is 0 Å². The van der Waals surface area contributed by atoms with Crippen LogP contribution in [0, 0.1) is 0 Å². The predicted octanol–water partition coefficient (Wildman–Crippen LogP) is 33.3. The molecule has 3 N–H and O–H groups in total. The van der Waals surface area contributed by atoms with Crippen molar-refractivity contribution < 1.29 is 76.6 Å². The Balaban J connectivity index is 8.84. The molecule has 0 saturated carbocycles. The number of ether oxygens (including phenoxy) is 12. The number of likely N-dealkylation sites (N-methyl/N-ethyl adjacent to an activating group) is 1. The molecule has 0 saturated heterocycles. The molecular weight excluding hydrogens is 1600 g/mol. The van der Waals surface area contributed by atoms with E-state index >= 15 is 0 Å². The van der Waals surface area contributed by atoms with Gasteiger partial charge in [-0.25, -0.2) is 0 Å². The summed E-state index contributed by atoms with van der Waals surface area (Å²) >= 11 is 0. The van der Waals surface area contributed by atoms with Gasteiger partial charge in [0.25, 0.3) is 17.4 Å². The second-order valence-corrected chi connectivity index (χ2v) is 39.2. The standard InChI is InChI=1S/C112H228NO15/c1-17-32-35-38-41-47-56-65-74-83-104(114)86-77-68-59-50-44-53-62-71-80-89-107(117-92-20-4,118-93-21-5)110(123-98-26-10,124-99-27-11)113(16,111(125-100-28-12,126-101-29-13)108(119-94-22-6,120-95-23-7)90-81-72-63-54-45-51-60-69-78-87-105(115)84-75-66-57-48-42-39-36-33-18-2)112(127-102-30-14,128-103-31-15)109(121-96-24-8,122-97-25-9)91-82-73-64-55-46-52-61-70-79-88-106(116)85-76-67-58-49-43-40-37-34-19-3/h104-106,114-116H,17-103H2,1-16H3/q+1. The Hall–Kier alpha value is -0.640. The number of unbranched alkanes of at least 4 members (excludes halogenated alkanes) is 48. The summed E-state index contributed by atoms with van der Waals surface area (Å²) in [5.74, 6) is -11.7. The topological polar surface area (TPSA) is 171 Å². The minimum Gasteiger partial charge on any atom is -0.393 e. The predicted molar refractivity (Wildman–Crippen MR) is 543 cm³/mol. The van der Waals surface area contributed by atoms with Crippen LogP contribution in [-0.2, 0) is 56.8 Å². The normalized spacial score (nSPS) is 14.0. The van der Waals surface area contributed by atoms with E-state index in [0.717, 1.165) is 193 Å². The molecular formula is C112H228NO15+. The monoisotopic (exact) mass is 1830 g/mol. The van der Waals surface area contributed by atoms with Gasteiger partial charge in [0.1, 0.15) is 0 Å². The van der Waals surface area contributed by atoms with Crippen molar-refractivity contribution in [3.63, 3.8) is 0 Å². The Morgan fingerprint density at radius 1 is 0.156 bits per heavy atom. The van der Waals surface area contributed by atoms with E-state index in [2.05, 4.69) is 111 Å². The molecule has 16 heteroatoms. The zero-order valence-corrected chi connectivity index (χ0v) is 88.9. The third-order valence-electron chi connectivity index (χ3n) is 26.5. The van der Waals surface area contributed by atoms with E-state index < -0.39 is 39.6 Å². The van der Waals surface area contributed by atoms with Gasteiger partial charge in [0.15, 0.2) is 0 Å². The van der Waals surface area contributed by atoms with E-state index in [1.54, 1.807) is 0 Å². The molecule has 128 heavy (non-hydrogen) atoms. The molecule has 0 fully saturated rings. The lowest BCUT2D eigenvalue weighted by molar-refractivity contribution is -1.18. The quantitative estimate of drug-likeness (QED) is 0.0298. The van der Waals surface area contributed by atoms with Gasteiger partial charge in [0.2, 0.25) is 0 Å². The van der Waals surface area contributed by atoms with Gasteiger partial charge in [-0.1, -0.05) is 431 Å². The molecule has 0 bridgehead atoms. The van der Waals surface area contributed by atoms with Crippen LogP contribution in [0.5, 0.6) is 0 Å². The molecule has 16 nitrogen and oxygen atoms in total. The van der Waals surface area contributed by atoms with Gasteiger partial charge in [-0.05, 0) is 135 Å². The molecule has 0 radical (unpaired) electrons. The molecule has 0 aromatic heterocycles. The number of hydrogen-bond acceptors (Lipinski definition) is 15. The number of aliphatic hydroxyl groups is 3. The molecule has 0 spiro atoms. The molecule has 0 aliphatic carbocycles. The SMILES string of the molecule is CCCCCCCCCCCC(O)CCCCCCCCCCCC(OCCC)(OCCC)C(OCCC)(OCCC)[N+](C)(C(OCCC)(OCCC)C(CCCCCCCCCCCC(O)CCCCCCCCCCC)(OCCC)OCCC)C(OCCC)(OCCC)C(CCCCCCCCCCCC(O)CCCCCCCCCCC)(OCCC)OCCC. The summed E-state index contributed by atoms with van der Waals surface area (Å²) in [6, 6.07) is 0. The summed E-state index contributed by atoms with van der Waals surface area (Å²) in [5, 5.41) is 32.9. The lowest BCUT2D eigenvalue weighted by Crippen LogP contribution is -2.96. The van der Waals surface area contributed by atoms with Crippen molar-refractivity contribution in [2.24, 2.45) is 0 Å². The molecule has 0 aliphatic rings. The summed E-state index contributed by atoms with van der Waals surface area (Å²) in [6.07, 6.45) is 78.1. The first-order valence-corrected chi connectivity index (χ1v) is 57.2. The number of nitrogens with zero attached hydrogens (tertiary/aromatic N) is 1. The van der Waals surface area contributed by atoms with Gasteiger partial charge in [-0.2, -0.15) is 4.48 Å². The summed E-state index contributed by atoms with van der Waals surface area (Å²) < 4.78 is 97.7. The van der Waals surface area contributed by atoms with Crippen molar-refractivity contribution in [1.82, 2.24) is 0 Å². The third kappa shape index (κ3) is 52.9. The summed E-state index contributed by atoms with van der Waals surface area (Å²) in [4.78, 5) is 0. The Kier molecular flexibility index (Phi) is 88.6. The minimum atomic E-state index is -2.14. The van der Waals surface area contributed by atoms with Gasteiger partial charge in [0, 0.05) is 19.3 Å². The number of aliphatic hydroxyl groups excluding tert-OH is 3. The maximum Gasteiger partial charge on any atom is 0.384 e. The van der Waals surface area contributed by atoms with E-state index in [1.807, 2.05) is 0 Å². The maximum atomic E-state index is 11.0. The van der Waals surface area contributed by atoms with Crippen molar-refractivity contribution in [3.05, 3.63) is 0 Å². The summed E-state index contributed by atoms with van der Waals surface area (Å²) in [6.45, 7) is 36.3. The maximum absolute atomic E-state index is 11.0. The average Bonchev–Trinajstić information content (AvgIpc) is 0.653. The molecule has 0 aliphatic heterocycles. The van der Waals surface area contributed by atoms with Gasteiger partial charge in [-0.15, -0.1) is 0 Å². The van der Waals surface area contributed by atoms with Crippen molar-refractivity contribution >= 4 is 0 Å². The second-order valence-electron chi connectivity index (χ2n) is 39.2. The highest BCUT2D eigenvalue weighted by molar-refractivity contribution is 4.99. The van der Waals surface area contributed by atoms with E-state index in [4.69, 9.17) is 56.8 Å². The van der Waals surface area contributed by atoms with Crippen LogP contribution in [-0.4, -0.2) is 160 Å². The van der Waals surface area contributed by atoms with E-state index in [0.29, 0.717) is 136 Å². The van der Waals surface area contributed by atoms with Crippen molar-refractivity contribution in [3.8, 4) is 0 Å². The summed E-state index contributed by atoms with van der Waals surface area (Å²) in [5.41, 5.74) is 0. The Morgan fingerprint density at radius 2 is 0.273 bits per heavy atom. The molecule has 0 heterocycles. The molecule has 0 aromatic rings. The molecule has 0 amide bonds. The third-order valence-corrected chi connectivity index (χ3v) is 26.5. The smallest absolute Gasteiger partial charge is 0.384 e. The number of rotatable bonds is 108. The molecule has 3 atom stereocenters. The largest absolute Gasteiger partial charge is 0.393 e. The van der Waals surface area contributed by atoms with Crippen molar-refractivity contribution in [1.29, 1.82) is 0 Å². The highest BCUT2D eigenvalue weighted by atomic mass is 16.9. The number of quaternary nitrogens is 1. The lowest BCUT2D eigenvalue weighted by atomic mass is 9.88. The first-order chi connectivity index (χ1) is 62.6. The average molecular weight is 1830 g/mol. The van der Waals surface area contributed by atoms with E-state index in [9.17, 15) is 15.3 Å². The Labute approximate surface area is 797 Å². The van der Waals surface area contributed by atoms with Crippen LogP contribution in [0.1, 0.15) is 585 Å². The van der Waals surface area contributed by atoms with E-state index in [1.165, 1.54) is 193 Å². The Morgan fingerprint density at radius 3 is 0.406 bits per heavy atom. The van der Waals surface area contributed by atoms with Crippen LogP contribution >= 0.6 is 0 Å². The fraction of sp³-hybridized carbons (Fsp3) is 1.00. The molecule has 0 aromatic carbocycles. The van der Waals surface area contributed by atoms with Crippen LogP contribution in [0.3, 0.4) is 0 Å². The highest BCUT2D eigenvalue weighted by Gasteiger charge is 2.91. The van der Waals surface area contributed by atoms with E-state index in [-0.39, 0.29) is 58.0 Å². The van der Waals surface area contributed by atoms with Crippen molar-refractivity contribution in [2.45, 2.75) is 639 Å². The minimum absolute atomic E-state index is 0.180. The van der Waals surface area contributed by atoms with Gasteiger partial charge >= 0.3 is 17.7 Å². The fourth-order valence-electron chi connectivity index (χ4n) is 19.2. The first kappa shape index (κ1) is 127. The first-order valence-electron chi connectivity index (χ1n) is 57.2. The van der Waals surface area contributed by atoms with Gasteiger partial charge < -0.3 is 43.7 Å². The van der Waals surface area contributed by atoms with Crippen LogP contribution in [0.25, 0.3) is 0 Å². The fourth-order valence-corrected chi connectivity index (χ4v) is 19.2. The Bertz CT molecular complexity index is 1950. The molecule has 0 rings (SSSR count). The zero-order valence-electron chi connectivity index (χ0n) is 88.9.